The molecule has 0 radical (unpaired) electrons. The first-order chi connectivity index (χ1) is 15.9. The highest BCUT2D eigenvalue weighted by Gasteiger charge is 2.35. The van der Waals surface area contributed by atoms with Gasteiger partial charge in [0.25, 0.3) is 5.69 Å². The summed E-state index contributed by atoms with van der Waals surface area (Å²) in [5.41, 5.74) is -0.342. The summed E-state index contributed by atoms with van der Waals surface area (Å²) in [6, 6.07) is 3.44. The van der Waals surface area contributed by atoms with Crippen LogP contribution in [0.3, 0.4) is 0 Å². The molecule has 0 bridgehead atoms. The summed E-state index contributed by atoms with van der Waals surface area (Å²) in [6.07, 6.45) is 8.38. The lowest BCUT2D eigenvalue weighted by Gasteiger charge is -2.39. The van der Waals surface area contributed by atoms with Crippen molar-refractivity contribution in [3.63, 3.8) is 0 Å². The molecule has 182 valence electrons. The molecule has 1 aliphatic rings. The third-order valence-corrected chi connectivity index (χ3v) is 6.02. The first-order valence-corrected chi connectivity index (χ1v) is 11.7. The minimum atomic E-state index is -0.623. The van der Waals surface area contributed by atoms with Crippen LogP contribution in [-0.2, 0) is 14.3 Å². The fourth-order valence-corrected chi connectivity index (χ4v) is 4.32. The Hall–Kier alpha value is -2.97. The van der Waals surface area contributed by atoms with E-state index in [0.29, 0.717) is 24.9 Å². The molecule has 2 rings (SSSR count). The monoisotopic (exact) mass is 462 g/mol. The number of ether oxygens (including phenoxy) is 2. The molecule has 0 N–H and O–H groups in total. The molecule has 9 heteroatoms. The van der Waals surface area contributed by atoms with Crippen LogP contribution in [0.2, 0.25) is 0 Å². The van der Waals surface area contributed by atoms with Gasteiger partial charge < -0.3 is 14.4 Å². The number of aldehydes is 1. The van der Waals surface area contributed by atoms with E-state index in [1.807, 2.05) is 6.92 Å². The molecule has 1 aromatic carbocycles. The highest BCUT2D eigenvalue weighted by molar-refractivity contribution is 5.85. The summed E-state index contributed by atoms with van der Waals surface area (Å²) < 4.78 is 10.6. The maximum Gasteiger partial charge on any atom is 0.328 e. The van der Waals surface area contributed by atoms with E-state index in [1.54, 1.807) is 4.90 Å². The van der Waals surface area contributed by atoms with Gasteiger partial charge in [-0.3, -0.25) is 19.7 Å². The number of nitro benzene ring substituents is 1. The van der Waals surface area contributed by atoms with Gasteiger partial charge in [-0.2, -0.15) is 0 Å². The van der Waals surface area contributed by atoms with E-state index in [4.69, 9.17) is 9.47 Å². The van der Waals surface area contributed by atoms with Crippen LogP contribution in [0.25, 0.3) is 0 Å². The van der Waals surface area contributed by atoms with Crippen LogP contribution in [0.1, 0.15) is 81.5 Å². The Labute approximate surface area is 194 Å². The number of unbranched alkanes of at least 4 members (excludes halogenated alkanes) is 1. The largest absolute Gasteiger partial charge is 0.494 e. The van der Waals surface area contributed by atoms with Gasteiger partial charge in [0, 0.05) is 18.5 Å². The molecule has 0 aliphatic heterocycles. The molecule has 0 spiro atoms. The Balaban J connectivity index is 2.02. The topological polar surface area (TPSA) is 116 Å². The number of methoxy groups -OCH3 is 1. The molecule has 9 nitrogen and oxygen atoms in total. The van der Waals surface area contributed by atoms with Gasteiger partial charge in [0.15, 0.2) is 6.29 Å². The van der Waals surface area contributed by atoms with Crippen molar-refractivity contribution in [2.75, 3.05) is 13.7 Å². The second kappa shape index (κ2) is 13.5. The van der Waals surface area contributed by atoms with Crippen LogP contribution < -0.4 is 4.74 Å². The Morgan fingerprint density at radius 1 is 1.24 bits per heavy atom. The van der Waals surface area contributed by atoms with Gasteiger partial charge in [-0.15, -0.1) is 0 Å². The first kappa shape index (κ1) is 26.3. The van der Waals surface area contributed by atoms with Gasteiger partial charge in [0.1, 0.15) is 11.8 Å². The highest BCUT2D eigenvalue weighted by Crippen LogP contribution is 2.28. The van der Waals surface area contributed by atoms with Gasteiger partial charge in [0.05, 0.1) is 24.2 Å². The normalized spacial score (nSPS) is 14.8. The van der Waals surface area contributed by atoms with Gasteiger partial charge in [-0.1, -0.05) is 39.0 Å². The van der Waals surface area contributed by atoms with E-state index in [-0.39, 0.29) is 42.2 Å². The van der Waals surface area contributed by atoms with Crippen LogP contribution in [0, 0.1) is 10.1 Å². The van der Waals surface area contributed by atoms with Crippen molar-refractivity contribution >= 4 is 23.9 Å². The third-order valence-electron chi connectivity index (χ3n) is 6.02. The lowest BCUT2D eigenvalue weighted by Crippen LogP contribution is -2.51. The van der Waals surface area contributed by atoms with Gasteiger partial charge in [0.2, 0.25) is 5.91 Å². The smallest absolute Gasteiger partial charge is 0.328 e. The summed E-state index contributed by atoms with van der Waals surface area (Å²) in [6.45, 7) is 2.25. The van der Waals surface area contributed by atoms with Gasteiger partial charge >= 0.3 is 5.97 Å². The van der Waals surface area contributed by atoms with Crippen molar-refractivity contribution in [1.82, 2.24) is 4.90 Å². The number of benzene rings is 1. The number of amides is 1. The van der Waals surface area contributed by atoms with E-state index in [1.165, 1.54) is 25.3 Å². The molecular formula is C24H34N2O7. The Bertz CT molecular complexity index is 821. The van der Waals surface area contributed by atoms with Crippen molar-refractivity contribution in [2.45, 2.75) is 83.2 Å². The van der Waals surface area contributed by atoms with Crippen LogP contribution in [-0.4, -0.2) is 53.8 Å². The van der Waals surface area contributed by atoms with Crippen LogP contribution >= 0.6 is 0 Å². The maximum absolute atomic E-state index is 13.2. The Morgan fingerprint density at radius 3 is 2.58 bits per heavy atom. The molecule has 1 unspecified atom stereocenters. The molecule has 1 saturated carbocycles. The zero-order valence-corrected chi connectivity index (χ0v) is 19.5. The van der Waals surface area contributed by atoms with Gasteiger partial charge in [-0.05, 0) is 37.8 Å². The van der Waals surface area contributed by atoms with E-state index < -0.39 is 11.0 Å². The molecular weight excluding hydrogens is 428 g/mol. The van der Waals surface area contributed by atoms with Gasteiger partial charge in [-0.25, -0.2) is 4.79 Å². The Morgan fingerprint density at radius 2 is 1.97 bits per heavy atom. The summed E-state index contributed by atoms with van der Waals surface area (Å²) in [5, 5.41) is 10.9. The van der Waals surface area contributed by atoms with E-state index in [0.717, 1.165) is 44.9 Å². The molecule has 0 aromatic heterocycles. The highest BCUT2D eigenvalue weighted by atomic mass is 16.6. The standard InChI is InChI=1S/C24H34N2O7/c1-3-4-11-22(24(29)32-2)25(19-9-6-5-7-10-19)23(28)12-8-15-33-20-13-14-21(26(30)31)18(16-20)17-27/h13-14,16-17,19,22H,3-12,15H2,1-2H3. The van der Waals surface area contributed by atoms with Crippen molar-refractivity contribution in [3.05, 3.63) is 33.9 Å². The SMILES string of the molecule is CCCCC(C(=O)OC)N(C(=O)CCCOc1ccc([N+](=O)[O-])c(C=O)c1)C1CCCCC1. The van der Waals surface area contributed by atoms with Crippen LogP contribution in [0.5, 0.6) is 5.75 Å². The van der Waals surface area contributed by atoms with Crippen LogP contribution in [0.4, 0.5) is 5.69 Å². The first-order valence-electron chi connectivity index (χ1n) is 11.7. The number of hydrogen-bond donors (Lipinski definition) is 0. The summed E-state index contributed by atoms with van der Waals surface area (Å²) in [5.74, 6) is -0.130. The molecule has 1 fully saturated rings. The fraction of sp³-hybridized carbons (Fsp3) is 0.625. The molecule has 1 atom stereocenters. The molecule has 33 heavy (non-hydrogen) atoms. The number of nitrogens with zero attached hydrogens (tertiary/aromatic N) is 2. The van der Waals surface area contributed by atoms with E-state index in [9.17, 15) is 24.5 Å². The summed E-state index contributed by atoms with van der Waals surface area (Å²) >= 11 is 0. The summed E-state index contributed by atoms with van der Waals surface area (Å²) in [7, 11) is 1.36. The lowest BCUT2D eigenvalue weighted by molar-refractivity contribution is -0.385. The predicted octanol–water partition coefficient (Wildman–Crippen LogP) is 4.46. The minimum Gasteiger partial charge on any atom is -0.494 e. The number of rotatable bonds is 13. The van der Waals surface area contributed by atoms with E-state index in [2.05, 4.69) is 0 Å². The number of carbonyl (C=O) groups excluding carboxylic acids is 3. The minimum absolute atomic E-state index is 0.0398. The molecule has 0 heterocycles. The van der Waals surface area contributed by atoms with Crippen molar-refractivity contribution in [2.24, 2.45) is 0 Å². The molecule has 1 aliphatic carbocycles. The second-order valence-corrected chi connectivity index (χ2v) is 8.32. The zero-order chi connectivity index (χ0) is 24.2. The third kappa shape index (κ3) is 7.54. The van der Waals surface area contributed by atoms with Crippen molar-refractivity contribution in [3.8, 4) is 5.75 Å². The number of hydrogen-bond acceptors (Lipinski definition) is 7. The molecule has 0 saturated heterocycles. The predicted molar refractivity (Wildman–Crippen MR) is 122 cm³/mol. The number of esters is 1. The fourth-order valence-electron chi connectivity index (χ4n) is 4.32. The quantitative estimate of drug-likeness (QED) is 0.140. The average molecular weight is 463 g/mol. The maximum atomic E-state index is 13.2. The summed E-state index contributed by atoms with van der Waals surface area (Å²) in [4.78, 5) is 49.0. The molecule has 1 amide bonds. The lowest BCUT2D eigenvalue weighted by atomic mass is 9.91. The zero-order valence-electron chi connectivity index (χ0n) is 19.5. The van der Waals surface area contributed by atoms with Crippen molar-refractivity contribution < 1.29 is 28.8 Å². The number of carbonyl (C=O) groups is 3. The van der Waals surface area contributed by atoms with E-state index >= 15 is 0 Å². The molecule has 1 aromatic rings. The van der Waals surface area contributed by atoms with Crippen molar-refractivity contribution in [1.29, 1.82) is 0 Å². The average Bonchev–Trinajstić information content (AvgIpc) is 2.83. The number of nitro groups is 1. The Kier molecular flexibility index (Phi) is 10.8. The van der Waals surface area contributed by atoms with Crippen LogP contribution in [0.15, 0.2) is 18.2 Å². The second-order valence-electron chi connectivity index (χ2n) is 8.32.